The van der Waals surface area contributed by atoms with Gasteiger partial charge in [-0.3, -0.25) is 14.9 Å². The molecule has 0 saturated heterocycles. The van der Waals surface area contributed by atoms with Crippen LogP contribution in [-0.4, -0.2) is 29.2 Å². The van der Waals surface area contributed by atoms with Crippen LogP contribution in [-0.2, 0) is 9.53 Å². The Balaban J connectivity index is 1.98. The lowest BCUT2D eigenvalue weighted by Crippen LogP contribution is -2.14. The summed E-state index contributed by atoms with van der Waals surface area (Å²) < 4.78 is 4.87. The van der Waals surface area contributed by atoms with Crippen molar-refractivity contribution in [2.45, 2.75) is 18.2 Å². The minimum Gasteiger partial charge on any atom is -0.462 e. The van der Waals surface area contributed by atoms with Gasteiger partial charge in [0.05, 0.1) is 11.5 Å². The molecular weight excluding hydrogens is 364 g/mol. The van der Waals surface area contributed by atoms with E-state index in [9.17, 15) is 19.7 Å². The first kappa shape index (κ1) is 18.9. The van der Waals surface area contributed by atoms with Gasteiger partial charge < -0.3 is 10.1 Å². The van der Waals surface area contributed by atoms with Crippen molar-refractivity contribution < 1.29 is 19.2 Å². The number of anilines is 1. The number of thiophene rings is 1. The molecule has 1 amide bonds. The number of thioether (sulfide) groups is 1. The fourth-order valence-electron chi connectivity index (χ4n) is 1.89. The summed E-state index contributed by atoms with van der Waals surface area (Å²) in [5, 5.41) is 13.4. The maximum Gasteiger partial charge on any atom is 0.341 e. The standard InChI is InChI=1S/C16H16N2O5S2/c1-2-23-16(20)12-10-14(18(21)22)25-15(12)17-13(19)8-9-24-11-6-4-3-5-7-11/h3-7,10H,2,8-9H2,1H3,(H,17,19). The Hall–Kier alpha value is -2.39. The van der Waals surface area contributed by atoms with Crippen LogP contribution < -0.4 is 5.32 Å². The number of hydrogen-bond acceptors (Lipinski definition) is 7. The van der Waals surface area contributed by atoms with Crippen molar-refractivity contribution in [1.29, 1.82) is 0 Å². The maximum absolute atomic E-state index is 12.1. The van der Waals surface area contributed by atoms with Gasteiger partial charge in [-0.25, -0.2) is 4.79 Å². The Bertz CT molecular complexity index is 761. The van der Waals surface area contributed by atoms with Crippen LogP contribution in [0.4, 0.5) is 10.0 Å². The van der Waals surface area contributed by atoms with Gasteiger partial charge in [0.1, 0.15) is 10.6 Å². The summed E-state index contributed by atoms with van der Waals surface area (Å²) in [5.41, 5.74) is 0.00242. The third-order valence-electron chi connectivity index (χ3n) is 2.99. The zero-order valence-corrected chi connectivity index (χ0v) is 15.0. The number of carbonyl (C=O) groups excluding carboxylic acids is 2. The van der Waals surface area contributed by atoms with E-state index >= 15 is 0 Å². The Labute approximate surface area is 152 Å². The monoisotopic (exact) mass is 380 g/mol. The zero-order chi connectivity index (χ0) is 18.2. The lowest BCUT2D eigenvalue weighted by molar-refractivity contribution is -0.380. The summed E-state index contributed by atoms with van der Waals surface area (Å²) in [6, 6.07) is 10.8. The van der Waals surface area contributed by atoms with Crippen LogP contribution in [0, 0.1) is 10.1 Å². The van der Waals surface area contributed by atoms with Crippen LogP contribution in [0.1, 0.15) is 23.7 Å². The van der Waals surface area contributed by atoms with Crippen molar-refractivity contribution >= 4 is 45.0 Å². The third-order valence-corrected chi connectivity index (χ3v) is 5.00. The van der Waals surface area contributed by atoms with Gasteiger partial charge in [-0.2, -0.15) is 0 Å². The molecule has 0 fully saturated rings. The number of rotatable bonds is 8. The van der Waals surface area contributed by atoms with E-state index in [0.717, 1.165) is 22.3 Å². The molecule has 1 heterocycles. The topological polar surface area (TPSA) is 98.5 Å². The van der Waals surface area contributed by atoms with Crippen LogP contribution in [0.3, 0.4) is 0 Å². The molecule has 132 valence electrons. The van der Waals surface area contributed by atoms with Gasteiger partial charge >= 0.3 is 11.0 Å². The molecule has 1 aromatic heterocycles. The average Bonchev–Trinajstić information content (AvgIpc) is 3.00. The molecule has 0 aliphatic rings. The van der Waals surface area contributed by atoms with Crippen LogP contribution >= 0.6 is 23.1 Å². The lowest BCUT2D eigenvalue weighted by Gasteiger charge is -2.05. The Kier molecular flexibility index (Phi) is 6.96. The first-order valence-corrected chi connectivity index (χ1v) is 9.24. The number of amides is 1. The summed E-state index contributed by atoms with van der Waals surface area (Å²) in [6.45, 7) is 1.78. The number of ether oxygens (including phenoxy) is 1. The van der Waals surface area contributed by atoms with E-state index in [1.807, 2.05) is 30.3 Å². The Morgan fingerprint density at radius 1 is 1.32 bits per heavy atom. The second-order valence-electron chi connectivity index (χ2n) is 4.76. The van der Waals surface area contributed by atoms with Gasteiger partial charge in [-0.05, 0) is 30.4 Å². The number of hydrogen-bond donors (Lipinski definition) is 1. The van der Waals surface area contributed by atoms with Crippen LogP contribution in [0.2, 0.25) is 0 Å². The normalized spacial score (nSPS) is 10.3. The van der Waals surface area contributed by atoms with E-state index in [0.29, 0.717) is 5.75 Å². The van der Waals surface area contributed by atoms with E-state index < -0.39 is 10.9 Å². The molecule has 2 rings (SSSR count). The van der Waals surface area contributed by atoms with Crippen LogP contribution in [0.15, 0.2) is 41.3 Å². The average molecular weight is 380 g/mol. The number of nitro groups is 1. The van der Waals surface area contributed by atoms with E-state index in [2.05, 4.69) is 5.32 Å². The van der Waals surface area contributed by atoms with E-state index in [1.165, 1.54) is 11.8 Å². The predicted octanol–water partition coefficient (Wildman–Crippen LogP) is 3.95. The number of nitrogens with zero attached hydrogens (tertiary/aromatic N) is 1. The summed E-state index contributed by atoms with van der Waals surface area (Å²) >= 11 is 2.27. The Morgan fingerprint density at radius 3 is 2.68 bits per heavy atom. The van der Waals surface area contributed by atoms with Gasteiger partial charge in [-0.1, -0.05) is 18.2 Å². The zero-order valence-electron chi connectivity index (χ0n) is 13.4. The molecule has 1 aromatic carbocycles. The molecule has 0 spiro atoms. The number of esters is 1. The highest BCUT2D eigenvalue weighted by Crippen LogP contribution is 2.34. The van der Waals surface area contributed by atoms with Crippen molar-refractivity contribution in [1.82, 2.24) is 0 Å². The van der Waals surface area contributed by atoms with Gasteiger partial charge in [0, 0.05) is 23.1 Å². The smallest absolute Gasteiger partial charge is 0.341 e. The SMILES string of the molecule is CCOC(=O)c1cc([N+](=O)[O-])sc1NC(=O)CCSc1ccccc1. The highest BCUT2D eigenvalue weighted by molar-refractivity contribution is 7.99. The first-order chi connectivity index (χ1) is 12.0. The van der Waals surface area contributed by atoms with E-state index in [4.69, 9.17) is 4.74 Å². The van der Waals surface area contributed by atoms with Crippen molar-refractivity contribution in [2.75, 3.05) is 17.7 Å². The number of nitrogens with one attached hydrogen (secondary N) is 1. The van der Waals surface area contributed by atoms with Gasteiger partial charge in [0.15, 0.2) is 0 Å². The van der Waals surface area contributed by atoms with E-state index in [-0.39, 0.29) is 34.5 Å². The first-order valence-electron chi connectivity index (χ1n) is 7.44. The second-order valence-corrected chi connectivity index (χ2v) is 6.96. The molecule has 0 bridgehead atoms. The second kappa shape index (κ2) is 9.19. The minimum absolute atomic E-state index is 0.00242. The van der Waals surface area contributed by atoms with Crippen molar-refractivity contribution in [2.24, 2.45) is 0 Å². The van der Waals surface area contributed by atoms with Crippen molar-refractivity contribution in [3.05, 3.63) is 52.1 Å². The molecular formula is C16H16N2O5S2. The predicted molar refractivity (Wildman–Crippen MR) is 97.3 cm³/mol. The molecule has 9 heteroatoms. The summed E-state index contributed by atoms with van der Waals surface area (Å²) in [6.07, 6.45) is 0.216. The van der Waals surface area contributed by atoms with Crippen LogP contribution in [0.5, 0.6) is 0 Å². The van der Waals surface area contributed by atoms with Gasteiger partial charge in [-0.15, -0.1) is 11.8 Å². The molecule has 25 heavy (non-hydrogen) atoms. The van der Waals surface area contributed by atoms with Gasteiger partial charge in [0.2, 0.25) is 5.91 Å². The highest BCUT2D eigenvalue weighted by Gasteiger charge is 2.23. The maximum atomic E-state index is 12.1. The van der Waals surface area contributed by atoms with Crippen molar-refractivity contribution in [3.63, 3.8) is 0 Å². The molecule has 0 aliphatic carbocycles. The molecule has 0 saturated carbocycles. The molecule has 0 aliphatic heterocycles. The lowest BCUT2D eigenvalue weighted by atomic mass is 10.3. The fourth-order valence-corrected chi connectivity index (χ4v) is 3.64. The number of carbonyl (C=O) groups is 2. The van der Waals surface area contributed by atoms with Gasteiger partial charge in [0.25, 0.3) is 0 Å². The molecule has 7 nitrogen and oxygen atoms in total. The number of benzene rings is 1. The largest absolute Gasteiger partial charge is 0.462 e. The minimum atomic E-state index is -0.694. The van der Waals surface area contributed by atoms with Crippen LogP contribution in [0.25, 0.3) is 0 Å². The fraction of sp³-hybridized carbons (Fsp3) is 0.250. The molecule has 0 radical (unpaired) electrons. The molecule has 0 atom stereocenters. The summed E-state index contributed by atoms with van der Waals surface area (Å²) in [4.78, 5) is 35.3. The Morgan fingerprint density at radius 2 is 2.04 bits per heavy atom. The quantitative estimate of drug-likeness (QED) is 0.322. The third kappa shape index (κ3) is 5.57. The molecule has 1 N–H and O–H groups in total. The molecule has 0 unspecified atom stereocenters. The van der Waals surface area contributed by atoms with E-state index in [1.54, 1.807) is 6.92 Å². The molecule has 2 aromatic rings. The summed E-state index contributed by atoms with van der Waals surface area (Å²) in [7, 11) is 0. The van der Waals surface area contributed by atoms with Crippen molar-refractivity contribution in [3.8, 4) is 0 Å². The summed E-state index contributed by atoms with van der Waals surface area (Å²) in [5.74, 6) is -0.454. The highest BCUT2D eigenvalue weighted by atomic mass is 32.2.